The van der Waals surface area contributed by atoms with Crippen molar-refractivity contribution in [3.8, 4) is 16.9 Å². The van der Waals surface area contributed by atoms with Gasteiger partial charge in [0.05, 0.1) is 19.4 Å². The first kappa shape index (κ1) is 25.6. The zero-order chi connectivity index (χ0) is 24.6. The molecule has 1 N–H and O–H groups in total. The predicted molar refractivity (Wildman–Crippen MR) is 128 cm³/mol. The third-order valence-electron chi connectivity index (χ3n) is 6.06. The lowest BCUT2D eigenvalue weighted by atomic mass is 10.0. The molecule has 8 nitrogen and oxygen atoms in total. The molecular formula is C23H32N2O6S2. The maximum Gasteiger partial charge on any atom is 0.247 e. The van der Waals surface area contributed by atoms with Crippen molar-refractivity contribution in [1.82, 2.24) is 8.61 Å². The zero-order valence-corrected chi connectivity index (χ0v) is 21.2. The van der Waals surface area contributed by atoms with E-state index >= 15 is 0 Å². The van der Waals surface area contributed by atoms with Gasteiger partial charge in [-0.3, -0.25) is 0 Å². The second kappa shape index (κ2) is 9.71. The molecule has 0 saturated carbocycles. The summed E-state index contributed by atoms with van der Waals surface area (Å²) in [5.41, 5.74) is 2.80. The number of hydrogen-bond acceptors (Lipinski definition) is 6. The highest BCUT2D eigenvalue weighted by Gasteiger charge is 2.38. The summed E-state index contributed by atoms with van der Waals surface area (Å²) in [7, 11) is -5.94. The summed E-state index contributed by atoms with van der Waals surface area (Å²) < 4.78 is 59.8. The second-order valence-electron chi connectivity index (χ2n) is 8.81. The van der Waals surface area contributed by atoms with Crippen LogP contribution in [0.15, 0.2) is 47.4 Å². The molecule has 2 aromatic rings. The Bertz CT molecular complexity index is 1200. The molecule has 2 aromatic carbocycles. The second-order valence-corrected chi connectivity index (χ2v) is 12.8. The SMILES string of the molecule is Cc1ccc(-c2ccc3c(c2)O[C@H](CN(C)S(C)(=O)=O)[C@H](C)CN([C@H](C)CO)S3(=O)=O)cc1. The van der Waals surface area contributed by atoms with Gasteiger partial charge in [-0.1, -0.05) is 42.8 Å². The van der Waals surface area contributed by atoms with E-state index < -0.39 is 32.2 Å². The standard InChI is InChI=1S/C23H32N2O6S2/c1-16-6-8-19(9-7-16)20-10-11-23-21(12-20)31-22(14-24(4)32(5,27)28)17(2)13-25(18(3)15-26)33(23,29)30/h6-12,17-18,22,26H,13-15H2,1-5H3/t17-,18-,22-/m1/s1. The highest BCUT2D eigenvalue weighted by atomic mass is 32.2. The van der Waals surface area contributed by atoms with E-state index in [2.05, 4.69) is 0 Å². The molecule has 0 fully saturated rings. The van der Waals surface area contributed by atoms with Gasteiger partial charge in [-0.15, -0.1) is 0 Å². The summed E-state index contributed by atoms with van der Waals surface area (Å²) in [6.45, 7) is 5.27. The van der Waals surface area contributed by atoms with Crippen molar-refractivity contribution in [2.75, 3.05) is 33.0 Å². The number of hydrogen-bond donors (Lipinski definition) is 1. The van der Waals surface area contributed by atoms with Gasteiger partial charge in [-0.25, -0.2) is 21.1 Å². The molecule has 0 aliphatic carbocycles. The Hall–Kier alpha value is -1.98. The van der Waals surface area contributed by atoms with Crippen LogP contribution in [0.3, 0.4) is 0 Å². The lowest BCUT2D eigenvalue weighted by Gasteiger charge is -2.37. The molecule has 0 amide bonds. The fourth-order valence-corrected chi connectivity index (χ4v) is 6.00. The van der Waals surface area contributed by atoms with Crippen LogP contribution in [-0.4, -0.2) is 75.7 Å². The minimum absolute atomic E-state index is 0.00225. The summed E-state index contributed by atoms with van der Waals surface area (Å²) in [5, 5.41) is 9.72. The molecule has 1 aliphatic heterocycles. The highest BCUT2D eigenvalue weighted by Crippen LogP contribution is 2.36. The Morgan fingerprint density at radius 1 is 1.18 bits per heavy atom. The number of aliphatic hydroxyl groups excluding tert-OH is 1. The highest BCUT2D eigenvalue weighted by molar-refractivity contribution is 7.89. The number of likely N-dealkylation sites (N-methyl/N-ethyl adjacent to an activating group) is 1. The van der Waals surface area contributed by atoms with Crippen LogP contribution >= 0.6 is 0 Å². The van der Waals surface area contributed by atoms with Crippen molar-refractivity contribution in [3.63, 3.8) is 0 Å². The summed E-state index contributed by atoms with van der Waals surface area (Å²) in [6.07, 6.45) is 0.523. The molecule has 1 heterocycles. The Kier molecular flexibility index (Phi) is 7.55. The normalized spacial score (nSPS) is 22.2. The van der Waals surface area contributed by atoms with E-state index in [1.54, 1.807) is 19.1 Å². The molecule has 3 rings (SSSR count). The third kappa shape index (κ3) is 5.58. The number of rotatable bonds is 6. The minimum Gasteiger partial charge on any atom is -0.487 e. The Morgan fingerprint density at radius 2 is 1.79 bits per heavy atom. The smallest absolute Gasteiger partial charge is 0.247 e. The average Bonchev–Trinajstić information content (AvgIpc) is 2.75. The lowest BCUT2D eigenvalue weighted by molar-refractivity contribution is 0.0906. The topological polar surface area (TPSA) is 104 Å². The van der Waals surface area contributed by atoms with Gasteiger partial charge < -0.3 is 9.84 Å². The van der Waals surface area contributed by atoms with Crippen LogP contribution in [0.2, 0.25) is 0 Å². The van der Waals surface area contributed by atoms with Crippen LogP contribution < -0.4 is 4.74 Å². The van der Waals surface area contributed by atoms with Crippen LogP contribution in [0.4, 0.5) is 0 Å². The maximum atomic E-state index is 13.5. The Morgan fingerprint density at radius 3 is 2.36 bits per heavy atom. The molecule has 33 heavy (non-hydrogen) atoms. The van der Waals surface area contributed by atoms with E-state index in [9.17, 15) is 21.9 Å². The van der Waals surface area contributed by atoms with Gasteiger partial charge in [0.2, 0.25) is 20.0 Å². The van der Waals surface area contributed by atoms with Crippen LogP contribution in [0.1, 0.15) is 19.4 Å². The minimum atomic E-state index is -3.96. The van der Waals surface area contributed by atoms with Crippen molar-refractivity contribution < 1.29 is 26.7 Å². The zero-order valence-electron chi connectivity index (χ0n) is 19.6. The molecular weight excluding hydrogens is 464 g/mol. The maximum absolute atomic E-state index is 13.5. The largest absolute Gasteiger partial charge is 0.487 e. The first-order valence-corrected chi connectivity index (χ1v) is 14.0. The molecule has 10 heteroatoms. The monoisotopic (exact) mass is 496 g/mol. The molecule has 0 aromatic heterocycles. The number of nitrogens with zero attached hydrogens (tertiary/aromatic N) is 2. The number of aryl methyl sites for hydroxylation is 1. The van der Waals surface area contributed by atoms with E-state index in [0.717, 1.165) is 22.9 Å². The fraction of sp³-hybridized carbons (Fsp3) is 0.478. The van der Waals surface area contributed by atoms with Gasteiger partial charge >= 0.3 is 0 Å². The molecule has 182 valence electrons. The summed E-state index contributed by atoms with van der Waals surface area (Å²) in [6, 6.07) is 12.1. The molecule has 0 bridgehead atoms. The van der Waals surface area contributed by atoms with Crippen molar-refractivity contribution in [2.24, 2.45) is 5.92 Å². The third-order valence-corrected chi connectivity index (χ3v) is 9.36. The van der Waals surface area contributed by atoms with Gasteiger partial charge in [0.15, 0.2) is 0 Å². The number of fused-ring (bicyclic) bond motifs is 1. The Balaban J connectivity index is 2.14. The fourth-order valence-electron chi connectivity index (χ4n) is 3.76. The average molecular weight is 497 g/mol. The summed E-state index contributed by atoms with van der Waals surface area (Å²) in [4.78, 5) is -0.00225. The van der Waals surface area contributed by atoms with Gasteiger partial charge in [-0.2, -0.15) is 4.31 Å². The lowest BCUT2D eigenvalue weighted by Crippen LogP contribution is -2.50. The van der Waals surface area contributed by atoms with Crippen molar-refractivity contribution in [1.29, 1.82) is 0 Å². The first-order chi connectivity index (χ1) is 15.3. The summed E-state index contributed by atoms with van der Waals surface area (Å²) in [5.74, 6) is -0.171. The van der Waals surface area contributed by atoms with Crippen molar-refractivity contribution in [2.45, 2.75) is 37.8 Å². The predicted octanol–water partition coefficient (Wildman–Crippen LogP) is 2.32. The van der Waals surface area contributed by atoms with E-state index in [4.69, 9.17) is 4.74 Å². The van der Waals surface area contributed by atoms with Crippen molar-refractivity contribution in [3.05, 3.63) is 48.0 Å². The van der Waals surface area contributed by atoms with E-state index in [-0.39, 0.29) is 36.3 Å². The van der Waals surface area contributed by atoms with Gasteiger partial charge in [-0.05, 0) is 37.1 Å². The Labute approximate surface area is 196 Å². The number of aliphatic hydroxyl groups is 1. The summed E-state index contributed by atoms with van der Waals surface area (Å²) >= 11 is 0. The first-order valence-electron chi connectivity index (χ1n) is 10.8. The molecule has 1 aliphatic rings. The quantitative estimate of drug-likeness (QED) is 0.658. The molecule has 0 spiro atoms. The van der Waals surface area contributed by atoms with Crippen LogP contribution in [0, 0.1) is 12.8 Å². The number of ether oxygens (including phenoxy) is 1. The number of sulfonamides is 2. The molecule has 3 atom stereocenters. The van der Waals surface area contributed by atoms with E-state index in [0.29, 0.717) is 0 Å². The van der Waals surface area contributed by atoms with Gasteiger partial charge in [0.25, 0.3) is 0 Å². The van der Waals surface area contributed by atoms with Gasteiger partial charge in [0, 0.05) is 25.6 Å². The molecule has 0 radical (unpaired) electrons. The van der Waals surface area contributed by atoms with Crippen LogP contribution in [-0.2, 0) is 20.0 Å². The van der Waals surface area contributed by atoms with Crippen molar-refractivity contribution >= 4 is 20.0 Å². The van der Waals surface area contributed by atoms with Crippen LogP contribution in [0.25, 0.3) is 11.1 Å². The molecule has 0 saturated heterocycles. The number of benzene rings is 2. The van der Waals surface area contributed by atoms with Crippen LogP contribution in [0.5, 0.6) is 5.75 Å². The van der Waals surface area contributed by atoms with E-state index in [1.165, 1.54) is 21.7 Å². The molecule has 0 unspecified atom stereocenters. The van der Waals surface area contributed by atoms with E-state index in [1.807, 2.05) is 38.1 Å². The van der Waals surface area contributed by atoms with Gasteiger partial charge in [0.1, 0.15) is 16.7 Å².